The van der Waals surface area contributed by atoms with Crippen LogP contribution in [0.1, 0.15) is 23.3 Å². The second-order valence-electron chi connectivity index (χ2n) is 5.33. The van der Waals surface area contributed by atoms with Gasteiger partial charge in [0.1, 0.15) is 0 Å². The van der Waals surface area contributed by atoms with E-state index in [2.05, 4.69) is 23.3 Å². The fourth-order valence-electron chi connectivity index (χ4n) is 2.58. The quantitative estimate of drug-likeness (QED) is 0.865. The highest BCUT2D eigenvalue weighted by Gasteiger charge is 2.20. The number of carbonyl (C=O) groups is 1. The molecule has 1 amide bonds. The SMILES string of the molecule is Cc1ccsc1CCCC(=O)N1CCN(CCO)CC1. The number of hydrogen-bond donors (Lipinski definition) is 1. The fourth-order valence-corrected chi connectivity index (χ4v) is 3.53. The number of nitrogens with zero attached hydrogens (tertiary/aromatic N) is 2. The molecule has 2 rings (SSSR count). The Hall–Kier alpha value is -0.910. The van der Waals surface area contributed by atoms with Crippen molar-refractivity contribution in [2.24, 2.45) is 0 Å². The minimum absolute atomic E-state index is 0.202. The number of aryl methyl sites for hydroxylation is 2. The van der Waals surface area contributed by atoms with E-state index in [9.17, 15) is 4.79 Å². The third-order valence-electron chi connectivity index (χ3n) is 3.90. The molecule has 0 bridgehead atoms. The second kappa shape index (κ2) is 7.76. The summed E-state index contributed by atoms with van der Waals surface area (Å²) < 4.78 is 0. The predicted octanol–water partition coefficient (Wildman–Crippen LogP) is 1.52. The monoisotopic (exact) mass is 296 g/mol. The molecule has 20 heavy (non-hydrogen) atoms. The van der Waals surface area contributed by atoms with Gasteiger partial charge in [0, 0.05) is 44.0 Å². The van der Waals surface area contributed by atoms with Crippen molar-refractivity contribution < 1.29 is 9.90 Å². The number of amides is 1. The average Bonchev–Trinajstić information content (AvgIpc) is 2.85. The summed E-state index contributed by atoms with van der Waals surface area (Å²) in [5.41, 5.74) is 1.35. The van der Waals surface area contributed by atoms with E-state index in [1.165, 1.54) is 10.4 Å². The zero-order valence-corrected chi connectivity index (χ0v) is 13.0. The molecule has 2 heterocycles. The molecule has 0 atom stereocenters. The van der Waals surface area contributed by atoms with Gasteiger partial charge in [0.2, 0.25) is 5.91 Å². The van der Waals surface area contributed by atoms with Crippen LogP contribution in [0.25, 0.3) is 0 Å². The molecule has 1 fully saturated rings. The van der Waals surface area contributed by atoms with Gasteiger partial charge in [-0.05, 0) is 36.8 Å². The first-order valence-electron chi connectivity index (χ1n) is 7.34. The number of aliphatic hydroxyl groups is 1. The first-order valence-corrected chi connectivity index (χ1v) is 8.22. The lowest BCUT2D eigenvalue weighted by Gasteiger charge is -2.34. The molecule has 0 aromatic carbocycles. The molecule has 1 aromatic rings. The van der Waals surface area contributed by atoms with E-state index >= 15 is 0 Å². The maximum atomic E-state index is 12.1. The van der Waals surface area contributed by atoms with Gasteiger partial charge in [-0.1, -0.05) is 0 Å². The highest BCUT2D eigenvalue weighted by molar-refractivity contribution is 7.10. The minimum atomic E-state index is 0.202. The zero-order chi connectivity index (χ0) is 14.4. The molecule has 0 unspecified atom stereocenters. The van der Waals surface area contributed by atoms with Crippen LogP contribution in [0.2, 0.25) is 0 Å². The molecule has 1 aromatic heterocycles. The summed E-state index contributed by atoms with van der Waals surface area (Å²) in [6.07, 6.45) is 2.61. The van der Waals surface area contributed by atoms with Gasteiger partial charge in [0.15, 0.2) is 0 Å². The first-order chi connectivity index (χ1) is 9.70. The Labute approximate surface area is 125 Å². The number of hydrogen-bond acceptors (Lipinski definition) is 4. The van der Waals surface area contributed by atoms with Gasteiger partial charge in [-0.3, -0.25) is 9.69 Å². The summed E-state index contributed by atoms with van der Waals surface area (Å²) in [5, 5.41) is 11.0. The van der Waals surface area contributed by atoms with Crippen molar-refractivity contribution in [2.45, 2.75) is 26.2 Å². The van der Waals surface area contributed by atoms with Crippen LogP contribution in [0.4, 0.5) is 0 Å². The zero-order valence-electron chi connectivity index (χ0n) is 12.2. The normalized spacial score (nSPS) is 16.6. The summed E-state index contributed by atoms with van der Waals surface area (Å²) in [5.74, 6) is 0.280. The third-order valence-corrected chi connectivity index (χ3v) is 4.99. The maximum Gasteiger partial charge on any atom is 0.222 e. The number of carbonyl (C=O) groups excluding carboxylic acids is 1. The van der Waals surface area contributed by atoms with Crippen molar-refractivity contribution in [3.8, 4) is 0 Å². The van der Waals surface area contributed by atoms with Crippen LogP contribution in [0.15, 0.2) is 11.4 Å². The summed E-state index contributed by atoms with van der Waals surface area (Å²) in [4.78, 5) is 17.7. The van der Waals surface area contributed by atoms with Crippen LogP contribution in [-0.4, -0.2) is 60.1 Å². The van der Waals surface area contributed by atoms with Gasteiger partial charge in [0.25, 0.3) is 0 Å². The molecular formula is C15H24N2O2S. The van der Waals surface area contributed by atoms with E-state index in [0.29, 0.717) is 6.42 Å². The average molecular weight is 296 g/mol. The van der Waals surface area contributed by atoms with E-state index in [-0.39, 0.29) is 12.5 Å². The van der Waals surface area contributed by atoms with Crippen LogP contribution in [0.3, 0.4) is 0 Å². The molecule has 0 radical (unpaired) electrons. The molecule has 0 spiro atoms. The lowest BCUT2D eigenvalue weighted by Crippen LogP contribution is -2.49. The lowest BCUT2D eigenvalue weighted by atomic mass is 10.1. The smallest absolute Gasteiger partial charge is 0.222 e. The van der Waals surface area contributed by atoms with Crippen LogP contribution >= 0.6 is 11.3 Å². The van der Waals surface area contributed by atoms with Gasteiger partial charge in [-0.15, -0.1) is 11.3 Å². The minimum Gasteiger partial charge on any atom is -0.395 e. The standard InChI is InChI=1S/C15H24N2O2S/c1-13-5-12-20-14(13)3-2-4-15(19)17-8-6-16(7-9-17)10-11-18/h5,12,18H,2-4,6-11H2,1H3. The molecule has 1 saturated heterocycles. The molecule has 0 aliphatic carbocycles. The van der Waals surface area contributed by atoms with Gasteiger partial charge in [-0.2, -0.15) is 0 Å². The number of β-amino-alcohol motifs (C(OH)–C–C–N with tert-alkyl or cyclic N) is 1. The van der Waals surface area contributed by atoms with E-state index in [1.807, 2.05) is 4.90 Å². The Kier molecular flexibility index (Phi) is 6.01. The molecule has 1 aliphatic heterocycles. The van der Waals surface area contributed by atoms with Gasteiger partial charge < -0.3 is 10.0 Å². The number of rotatable bonds is 6. The van der Waals surface area contributed by atoms with Crippen LogP contribution < -0.4 is 0 Å². The van der Waals surface area contributed by atoms with Crippen LogP contribution in [-0.2, 0) is 11.2 Å². The first kappa shape index (κ1) is 15.5. The lowest BCUT2D eigenvalue weighted by molar-refractivity contribution is -0.133. The van der Waals surface area contributed by atoms with Crippen molar-refractivity contribution in [2.75, 3.05) is 39.3 Å². The Bertz CT molecular complexity index is 425. The molecule has 0 saturated carbocycles. The van der Waals surface area contributed by atoms with Crippen molar-refractivity contribution in [1.82, 2.24) is 9.80 Å². The van der Waals surface area contributed by atoms with Crippen molar-refractivity contribution in [3.63, 3.8) is 0 Å². The highest BCUT2D eigenvalue weighted by atomic mass is 32.1. The Morgan fingerprint density at radius 1 is 1.35 bits per heavy atom. The molecule has 112 valence electrons. The highest BCUT2D eigenvalue weighted by Crippen LogP contribution is 2.18. The van der Waals surface area contributed by atoms with E-state index in [0.717, 1.165) is 45.6 Å². The second-order valence-corrected chi connectivity index (χ2v) is 6.33. The Morgan fingerprint density at radius 2 is 2.10 bits per heavy atom. The third kappa shape index (κ3) is 4.30. The molecule has 1 aliphatic rings. The van der Waals surface area contributed by atoms with Crippen molar-refractivity contribution >= 4 is 17.2 Å². The largest absolute Gasteiger partial charge is 0.395 e. The van der Waals surface area contributed by atoms with E-state index in [1.54, 1.807) is 11.3 Å². The van der Waals surface area contributed by atoms with Crippen molar-refractivity contribution in [3.05, 3.63) is 21.9 Å². The van der Waals surface area contributed by atoms with Crippen LogP contribution in [0, 0.1) is 6.92 Å². The van der Waals surface area contributed by atoms with Gasteiger partial charge in [0.05, 0.1) is 6.61 Å². The summed E-state index contributed by atoms with van der Waals surface area (Å²) in [7, 11) is 0. The van der Waals surface area contributed by atoms with E-state index in [4.69, 9.17) is 5.11 Å². The topological polar surface area (TPSA) is 43.8 Å². The summed E-state index contributed by atoms with van der Waals surface area (Å²) >= 11 is 1.79. The number of aliphatic hydroxyl groups excluding tert-OH is 1. The van der Waals surface area contributed by atoms with Crippen molar-refractivity contribution in [1.29, 1.82) is 0 Å². The summed E-state index contributed by atoms with van der Waals surface area (Å²) in [6, 6.07) is 2.14. The number of piperazine rings is 1. The fraction of sp³-hybridized carbons (Fsp3) is 0.667. The molecular weight excluding hydrogens is 272 g/mol. The molecule has 4 nitrogen and oxygen atoms in total. The summed E-state index contributed by atoms with van der Waals surface area (Å²) in [6.45, 7) is 6.43. The molecule has 5 heteroatoms. The van der Waals surface area contributed by atoms with Gasteiger partial charge >= 0.3 is 0 Å². The van der Waals surface area contributed by atoms with Gasteiger partial charge in [-0.25, -0.2) is 0 Å². The number of thiophene rings is 1. The molecule has 1 N–H and O–H groups in total. The maximum absolute atomic E-state index is 12.1. The Balaban J connectivity index is 1.67. The van der Waals surface area contributed by atoms with E-state index < -0.39 is 0 Å². The van der Waals surface area contributed by atoms with Crippen LogP contribution in [0.5, 0.6) is 0 Å². The Morgan fingerprint density at radius 3 is 2.70 bits per heavy atom. The predicted molar refractivity (Wildman–Crippen MR) is 82.1 cm³/mol.